The zero-order valence-electron chi connectivity index (χ0n) is 8.73. The molecule has 0 aromatic heterocycles. The van der Waals surface area contributed by atoms with Crippen molar-refractivity contribution in [3.63, 3.8) is 0 Å². The van der Waals surface area contributed by atoms with Crippen LogP contribution >= 0.6 is 11.6 Å². The van der Waals surface area contributed by atoms with E-state index in [1.807, 2.05) is 12.1 Å². The molecule has 1 aromatic carbocycles. The summed E-state index contributed by atoms with van der Waals surface area (Å²) in [5, 5.41) is 4.40. The summed E-state index contributed by atoms with van der Waals surface area (Å²) in [4.78, 5) is 0. The Balaban J connectivity index is 2.33. The standard InChI is InChI=1S/C12H16ClN/c1-3-12(2)7-6-9-4-5-10(13)8-11(9)14-12/h4-5,8,14H,3,6-7H2,1-2H3. The molecule has 0 fully saturated rings. The number of anilines is 1. The Labute approximate surface area is 90.5 Å². The van der Waals surface area contributed by atoms with Gasteiger partial charge in [-0.1, -0.05) is 24.6 Å². The summed E-state index contributed by atoms with van der Waals surface area (Å²) in [5.41, 5.74) is 2.85. The van der Waals surface area contributed by atoms with E-state index in [4.69, 9.17) is 11.6 Å². The van der Waals surface area contributed by atoms with Crippen molar-refractivity contribution >= 4 is 17.3 Å². The highest BCUT2D eigenvalue weighted by molar-refractivity contribution is 6.30. The fourth-order valence-electron chi connectivity index (χ4n) is 1.95. The Bertz CT molecular complexity index is 348. The lowest BCUT2D eigenvalue weighted by molar-refractivity contribution is 0.444. The summed E-state index contributed by atoms with van der Waals surface area (Å²) in [5.74, 6) is 0. The molecule has 2 heteroatoms. The molecular formula is C12H16ClN. The maximum absolute atomic E-state index is 5.97. The van der Waals surface area contributed by atoms with Crippen LogP contribution in [0.25, 0.3) is 0 Å². The van der Waals surface area contributed by atoms with Crippen molar-refractivity contribution in [2.75, 3.05) is 5.32 Å². The normalized spacial score (nSPS) is 25.4. The molecule has 1 aromatic rings. The van der Waals surface area contributed by atoms with Gasteiger partial charge in [-0.15, -0.1) is 0 Å². The third-order valence-electron chi connectivity index (χ3n) is 3.23. The molecule has 1 N–H and O–H groups in total. The van der Waals surface area contributed by atoms with Crippen molar-refractivity contribution in [2.24, 2.45) is 0 Å². The summed E-state index contributed by atoms with van der Waals surface area (Å²) in [7, 11) is 0. The molecule has 1 aliphatic rings. The van der Waals surface area contributed by atoms with Crippen LogP contribution in [-0.4, -0.2) is 5.54 Å². The van der Waals surface area contributed by atoms with E-state index in [2.05, 4.69) is 25.2 Å². The zero-order valence-corrected chi connectivity index (χ0v) is 9.49. The summed E-state index contributed by atoms with van der Waals surface area (Å²) < 4.78 is 0. The molecule has 2 rings (SSSR count). The Hall–Kier alpha value is -0.690. The Kier molecular flexibility index (Phi) is 2.44. The third-order valence-corrected chi connectivity index (χ3v) is 3.47. The average molecular weight is 210 g/mol. The highest BCUT2D eigenvalue weighted by atomic mass is 35.5. The van der Waals surface area contributed by atoms with Gasteiger partial charge in [0.05, 0.1) is 0 Å². The van der Waals surface area contributed by atoms with Gasteiger partial charge in [-0.3, -0.25) is 0 Å². The van der Waals surface area contributed by atoms with Crippen LogP contribution in [-0.2, 0) is 6.42 Å². The fourth-order valence-corrected chi connectivity index (χ4v) is 2.12. The molecule has 1 atom stereocenters. The van der Waals surface area contributed by atoms with Gasteiger partial charge in [0.2, 0.25) is 0 Å². The number of nitrogens with one attached hydrogen (secondary N) is 1. The monoisotopic (exact) mass is 209 g/mol. The number of rotatable bonds is 1. The fraction of sp³-hybridized carbons (Fsp3) is 0.500. The van der Waals surface area contributed by atoms with Gasteiger partial charge in [-0.25, -0.2) is 0 Å². The molecule has 0 bridgehead atoms. The molecule has 1 heterocycles. The molecule has 0 spiro atoms. The number of benzene rings is 1. The van der Waals surface area contributed by atoms with Crippen LogP contribution in [0.15, 0.2) is 18.2 Å². The number of hydrogen-bond donors (Lipinski definition) is 1. The summed E-state index contributed by atoms with van der Waals surface area (Å²) in [6, 6.07) is 6.13. The first kappa shape index (κ1) is 9.85. The van der Waals surface area contributed by atoms with E-state index in [0.717, 1.165) is 17.9 Å². The van der Waals surface area contributed by atoms with Gasteiger partial charge >= 0.3 is 0 Å². The van der Waals surface area contributed by atoms with Crippen LogP contribution in [0.2, 0.25) is 5.02 Å². The second-order valence-corrected chi connectivity index (χ2v) is 4.78. The van der Waals surface area contributed by atoms with Crippen molar-refractivity contribution in [3.8, 4) is 0 Å². The molecule has 1 unspecified atom stereocenters. The predicted octanol–water partition coefficient (Wildman–Crippen LogP) is 3.87. The minimum Gasteiger partial charge on any atom is -0.380 e. The van der Waals surface area contributed by atoms with Gasteiger partial charge in [0, 0.05) is 16.2 Å². The van der Waals surface area contributed by atoms with E-state index in [0.29, 0.717) is 0 Å². The topological polar surface area (TPSA) is 12.0 Å². The lowest BCUT2D eigenvalue weighted by atomic mass is 9.86. The summed E-state index contributed by atoms with van der Waals surface area (Å²) in [6.07, 6.45) is 3.51. The minimum atomic E-state index is 0.248. The van der Waals surface area contributed by atoms with Crippen LogP contribution < -0.4 is 5.32 Å². The van der Waals surface area contributed by atoms with E-state index in [-0.39, 0.29) is 5.54 Å². The van der Waals surface area contributed by atoms with Crippen molar-refractivity contribution in [3.05, 3.63) is 28.8 Å². The van der Waals surface area contributed by atoms with Gasteiger partial charge in [-0.05, 0) is 43.9 Å². The largest absolute Gasteiger partial charge is 0.380 e. The molecule has 14 heavy (non-hydrogen) atoms. The van der Waals surface area contributed by atoms with Crippen molar-refractivity contribution in [1.82, 2.24) is 0 Å². The smallest absolute Gasteiger partial charge is 0.0426 e. The van der Waals surface area contributed by atoms with Gasteiger partial charge < -0.3 is 5.32 Å². The first-order valence-electron chi connectivity index (χ1n) is 5.19. The van der Waals surface area contributed by atoms with E-state index >= 15 is 0 Å². The van der Waals surface area contributed by atoms with Gasteiger partial charge in [0.25, 0.3) is 0 Å². The molecular weight excluding hydrogens is 194 g/mol. The Morgan fingerprint density at radius 2 is 2.29 bits per heavy atom. The molecule has 0 aliphatic carbocycles. The number of halogens is 1. The highest BCUT2D eigenvalue weighted by Crippen LogP contribution is 2.33. The van der Waals surface area contributed by atoms with Crippen molar-refractivity contribution in [1.29, 1.82) is 0 Å². The van der Waals surface area contributed by atoms with E-state index in [9.17, 15) is 0 Å². The second-order valence-electron chi connectivity index (χ2n) is 4.34. The predicted molar refractivity (Wildman–Crippen MR) is 62.1 cm³/mol. The van der Waals surface area contributed by atoms with Crippen molar-refractivity contribution < 1.29 is 0 Å². The summed E-state index contributed by atoms with van der Waals surface area (Å²) in [6.45, 7) is 4.50. The van der Waals surface area contributed by atoms with E-state index < -0.39 is 0 Å². The van der Waals surface area contributed by atoms with Crippen LogP contribution in [0.5, 0.6) is 0 Å². The SMILES string of the molecule is CCC1(C)CCc2ccc(Cl)cc2N1. The molecule has 0 amide bonds. The van der Waals surface area contributed by atoms with Crippen LogP contribution in [0.4, 0.5) is 5.69 Å². The molecule has 1 aliphatic heterocycles. The van der Waals surface area contributed by atoms with Gasteiger partial charge in [0.1, 0.15) is 0 Å². The molecule has 0 radical (unpaired) electrons. The highest BCUT2D eigenvalue weighted by Gasteiger charge is 2.26. The minimum absolute atomic E-state index is 0.248. The number of aryl methyl sites for hydroxylation is 1. The second kappa shape index (κ2) is 3.47. The molecule has 0 saturated carbocycles. The molecule has 0 saturated heterocycles. The first-order valence-corrected chi connectivity index (χ1v) is 5.57. The molecule has 1 nitrogen and oxygen atoms in total. The van der Waals surface area contributed by atoms with Crippen LogP contribution in [0.3, 0.4) is 0 Å². The van der Waals surface area contributed by atoms with Crippen molar-refractivity contribution in [2.45, 2.75) is 38.6 Å². The van der Waals surface area contributed by atoms with Crippen LogP contribution in [0, 0.1) is 0 Å². The number of hydrogen-bond acceptors (Lipinski definition) is 1. The lowest BCUT2D eigenvalue weighted by Gasteiger charge is -2.36. The van der Waals surface area contributed by atoms with Gasteiger partial charge in [-0.2, -0.15) is 0 Å². The zero-order chi connectivity index (χ0) is 10.2. The maximum Gasteiger partial charge on any atom is 0.0426 e. The quantitative estimate of drug-likeness (QED) is 0.741. The third kappa shape index (κ3) is 1.74. The maximum atomic E-state index is 5.97. The van der Waals surface area contributed by atoms with Crippen LogP contribution in [0.1, 0.15) is 32.3 Å². The summed E-state index contributed by atoms with van der Waals surface area (Å²) >= 11 is 5.97. The van der Waals surface area contributed by atoms with Gasteiger partial charge in [0.15, 0.2) is 0 Å². The number of fused-ring (bicyclic) bond motifs is 1. The first-order chi connectivity index (χ1) is 6.63. The lowest BCUT2D eigenvalue weighted by Crippen LogP contribution is -2.37. The molecule has 76 valence electrons. The average Bonchev–Trinajstić information content (AvgIpc) is 2.17. The van der Waals surface area contributed by atoms with E-state index in [1.54, 1.807) is 0 Å². The Morgan fingerprint density at radius 3 is 3.00 bits per heavy atom. The van der Waals surface area contributed by atoms with E-state index in [1.165, 1.54) is 17.7 Å². The Morgan fingerprint density at radius 1 is 1.50 bits per heavy atom.